The fraction of sp³-hybridized carbons (Fsp3) is 1.00. The largest absolute Gasteiger partial charge is 0.311 e. The van der Waals surface area contributed by atoms with E-state index in [2.05, 4.69) is 33.0 Å². The van der Waals surface area contributed by atoms with E-state index in [9.17, 15) is 0 Å². The molecule has 0 aliphatic heterocycles. The first kappa shape index (κ1) is 13.0. The predicted molar refractivity (Wildman–Crippen MR) is 68.1 cm³/mol. The minimum Gasteiger partial charge on any atom is -0.311 e. The van der Waals surface area contributed by atoms with Gasteiger partial charge in [-0.05, 0) is 44.9 Å². The Hall–Kier alpha value is -0.0400. The van der Waals surface area contributed by atoms with Crippen LogP contribution in [0.3, 0.4) is 0 Å². The molecule has 2 atom stereocenters. The molecule has 1 heteroatoms. The molecule has 0 aromatic rings. The van der Waals surface area contributed by atoms with Gasteiger partial charge in [0.05, 0.1) is 0 Å². The molecule has 0 radical (unpaired) electrons. The number of hydrogen-bond donors (Lipinski definition) is 1. The fourth-order valence-corrected chi connectivity index (χ4v) is 2.99. The van der Waals surface area contributed by atoms with Crippen molar-refractivity contribution in [2.45, 2.75) is 78.3 Å². The van der Waals surface area contributed by atoms with Crippen LogP contribution in [0.5, 0.6) is 0 Å². The molecular formula is C14H29N. The van der Waals surface area contributed by atoms with Crippen LogP contribution in [0.1, 0.15) is 66.2 Å². The summed E-state index contributed by atoms with van der Waals surface area (Å²) in [5, 5.41) is 3.78. The topological polar surface area (TPSA) is 12.0 Å². The van der Waals surface area contributed by atoms with Crippen LogP contribution in [0, 0.1) is 11.8 Å². The molecule has 1 saturated carbocycles. The van der Waals surface area contributed by atoms with Crippen LogP contribution in [-0.2, 0) is 0 Å². The van der Waals surface area contributed by atoms with Gasteiger partial charge in [-0.15, -0.1) is 0 Å². The minimum absolute atomic E-state index is 0.682. The average Bonchev–Trinajstić information content (AvgIpc) is 2.17. The maximum absolute atomic E-state index is 3.78. The zero-order valence-electron chi connectivity index (χ0n) is 11.1. The molecule has 0 saturated heterocycles. The van der Waals surface area contributed by atoms with E-state index >= 15 is 0 Å². The molecule has 15 heavy (non-hydrogen) atoms. The lowest BCUT2D eigenvalue weighted by atomic mass is 9.84. The summed E-state index contributed by atoms with van der Waals surface area (Å²) >= 11 is 0. The van der Waals surface area contributed by atoms with Gasteiger partial charge in [0.15, 0.2) is 0 Å². The van der Waals surface area contributed by atoms with Crippen molar-refractivity contribution in [1.82, 2.24) is 5.32 Å². The highest BCUT2D eigenvalue weighted by Crippen LogP contribution is 2.26. The summed E-state index contributed by atoms with van der Waals surface area (Å²) in [5.41, 5.74) is 0. The fourth-order valence-electron chi connectivity index (χ4n) is 2.99. The van der Waals surface area contributed by atoms with Crippen molar-refractivity contribution in [1.29, 1.82) is 0 Å². The molecule has 1 aliphatic carbocycles. The Labute approximate surface area is 96.0 Å². The highest BCUT2D eigenvalue weighted by molar-refractivity contribution is 4.78. The molecule has 1 fully saturated rings. The Kier molecular flexibility index (Phi) is 5.66. The number of nitrogens with one attached hydrogen (secondary N) is 1. The predicted octanol–water partition coefficient (Wildman–Crippen LogP) is 3.98. The van der Waals surface area contributed by atoms with Crippen LogP contribution in [0.4, 0.5) is 0 Å². The third-order valence-electron chi connectivity index (χ3n) is 3.73. The average molecular weight is 211 g/mol. The summed E-state index contributed by atoms with van der Waals surface area (Å²) in [6, 6.07) is 1.40. The molecule has 0 aromatic heterocycles. The van der Waals surface area contributed by atoms with Crippen molar-refractivity contribution in [2.75, 3.05) is 0 Å². The SMILES string of the molecule is CC(C)C[C@@H](C)NC(C)C1CCCCC1. The standard InChI is InChI=1S/C14H29N/c1-11(2)10-12(3)15-13(4)14-8-6-5-7-9-14/h11-15H,5-10H2,1-4H3/t12-,13?/m1/s1. The van der Waals surface area contributed by atoms with E-state index in [0.29, 0.717) is 6.04 Å². The van der Waals surface area contributed by atoms with Crippen LogP contribution in [-0.4, -0.2) is 12.1 Å². The first-order valence-electron chi connectivity index (χ1n) is 6.85. The molecule has 0 aromatic carbocycles. The molecule has 0 bridgehead atoms. The summed E-state index contributed by atoms with van der Waals surface area (Å²) < 4.78 is 0. The first-order chi connectivity index (χ1) is 7.09. The Balaban J connectivity index is 2.23. The van der Waals surface area contributed by atoms with Crippen molar-refractivity contribution in [3.63, 3.8) is 0 Å². The second kappa shape index (κ2) is 6.52. The molecule has 1 unspecified atom stereocenters. The summed E-state index contributed by atoms with van der Waals surface area (Å²) in [7, 11) is 0. The minimum atomic E-state index is 0.682. The summed E-state index contributed by atoms with van der Waals surface area (Å²) in [4.78, 5) is 0. The van der Waals surface area contributed by atoms with Gasteiger partial charge in [0.2, 0.25) is 0 Å². The summed E-state index contributed by atoms with van der Waals surface area (Å²) in [6.07, 6.45) is 8.57. The maximum atomic E-state index is 3.78. The Morgan fingerprint density at radius 3 is 2.13 bits per heavy atom. The molecule has 1 aliphatic rings. The lowest BCUT2D eigenvalue weighted by Crippen LogP contribution is -2.40. The van der Waals surface area contributed by atoms with E-state index in [1.165, 1.54) is 38.5 Å². The highest BCUT2D eigenvalue weighted by atomic mass is 14.9. The van der Waals surface area contributed by atoms with Gasteiger partial charge in [-0.3, -0.25) is 0 Å². The van der Waals surface area contributed by atoms with E-state index in [1.807, 2.05) is 0 Å². The monoisotopic (exact) mass is 211 g/mol. The summed E-state index contributed by atoms with van der Waals surface area (Å²) in [5.74, 6) is 1.75. The molecule has 0 heterocycles. The molecule has 1 rings (SSSR count). The lowest BCUT2D eigenvalue weighted by Gasteiger charge is -2.31. The third kappa shape index (κ3) is 5.01. The van der Waals surface area contributed by atoms with Gasteiger partial charge >= 0.3 is 0 Å². The van der Waals surface area contributed by atoms with E-state index in [1.54, 1.807) is 0 Å². The highest BCUT2D eigenvalue weighted by Gasteiger charge is 2.21. The Bertz CT molecular complexity index is 159. The van der Waals surface area contributed by atoms with Gasteiger partial charge in [0.25, 0.3) is 0 Å². The van der Waals surface area contributed by atoms with Gasteiger partial charge < -0.3 is 5.32 Å². The van der Waals surface area contributed by atoms with Crippen LogP contribution in [0.2, 0.25) is 0 Å². The normalized spacial score (nSPS) is 23.0. The number of rotatable bonds is 5. The Morgan fingerprint density at radius 2 is 1.60 bits per heavy atom. The van der Waals surface area contributed by atoms with Crippen LogP contribution >= 0.6 is 0 Å². The summed E-state index contributed by atoms with van der Waals surface area (Å²) in [6.45, 7) is 9.33. The zero-order valence-corrected chi connectivity index (χ0v) is 11.1. The van der Waals surface area contributed by atoms with E-state index < -0.39 is 0 Å². The molecule has 0 amide bonds. The smallest absolute Gasteiger partial charge is 0.00694 e. The van der Waals surface area contributed by atoms with E-state index in [-0.39, 0.29) is 0 Å². The van der Waals surface area contributed by atoms with Crippen LogP contribution in [0.15, 0.2) is 0 Å². The van der Waals surface area contributed by atoms with Gasteiger partial charge in [0, 0.05) is 12.1 Å². The van der Waals surface area contributed by atoms with Crippen molar-refractivity contribution in [2.24, 2.45) is 11.8 Å². The Morgan fingerprint density at radius 1 is 1.00 bits per heavy atom. The van der Waals surface area contributed by atoms with Crippen LogP contribution in [0.25, 0.3) is 0 Å². The molecule has 1 nitrogen and oxygen atoms in total. The molecule has 1 N–H and O–H groups in total. The molecular weight excluding hydrogens is 182 g/mol. The van der Waals surface area contributed by atoms with Crippen LogP contribution < -0.4 is 5.32 Å². The van der Waals surface area contributed by atoms with Crippen molar-refractivity contribution < 1.29 is 0 Å². The quantitative estimate of drug-likeness (QED) is 0.725. The van der Waals surface area contributed by atoms with Gasteiger partial charge in [0.1, 0.15) is 0 Å². The van der Waals surface area contributed by atoms with E-state index in [0.717, 1.165) is 17.9 Å². The lowest BCUT2D eigenvalue weighted by molar-refractivity contribution is 0.258. The third-order valence-corrected chi connectivity index (χ3v) is 3.73. The van der Waals surface area contributed by atoms with Crippen molar-refractivity contribution in [3.05, 3.63) is 0 Å². The second-order valence-corrected chi connectivity index (χ2v) is 5.88. The van der Waals surface area contributed by atoms with Gasteiger partial charge in [-0.25, -0.2) is 0 Å². The zero-order chi connectivity index (χ0) is 11.3. The maximum Gasteiger partial charge on any atom is 0.00694 e. The molecule has 0 spiro atoms. The van der Waals surface area contributed by atoms with Crippen molar-refractivity contribution >= 4 is 0 Å². The van der Waals surface area contributed by atoms with Gasteiger partial charge in [-0.2, -0.15) is 0 Å². The number of hydrogen-bond acceptors (Lipinski definition) is 1. The second-order valence-electron chi connectivity index (χ2n) is 5.88. The van der Waals surface area contributed by atoms with Gasteiger partial charge in [-0.1, -0.05) is 33.1 Å². The molecule has 90 valence electrons. The van der Waals surface area contributed by atoms with Crippen molar-refractivity contribution in [3.8, 4) is 0 Å². The first-order valence-corrected chi connectivity index (χ1v) is 6.85. The van der Waals surface area contributed by atoms with E-state index in [4.69, 9.17) is 0 Å².